The third-order valence-corrected chi connectivity index (χ3v) is 1.37. The zero-order valence-corrected chi connectivity index (χ0v) is 6.50. The Morgan fingerprint density at radius 2 is 2.20 bits per heavy atom. The maximum atomic E-state index is 10.6. The number of hydrogen-bond donors (Lipinski definition) is 0. The molecule has 4 nitrogen and oxygen atoms in total. The maximum absolute atomic E-state index is 10.6. The smallest absolute Gasteiger partial charge is 0.134 e. The highest BCUT2D eigenvalue weighted by Crippen LogP contribution is 1.98. The van der Waals surface area contributed by atoms with Crippen molar-refractivity contribution in [1.29, 1.82) is 0 Å². The number of hydrogen-bond acceptors (Lipinski definition) is 3. The van der Waals surface area contributed by atoms with Crippen molar-refractivity contribution in [1.82, 2.24) is 5.01 Å². The van der Waals surface area contributed by atoms with E-state index in [-0.39, 0.29) is 11.7 Å². The second-order valence-electron chi connectivity index (χ2n) is 2.43. The number of carbonyl (C=O) groups is 1. The summed E-state index contributed by atoms with van der Waals surface area (Å²) in [5, 5.41) is 3.86. The molecular weight excluding hydrogens is 132 g/mol. The van der Waals surface area contributed by atoms with Gasteiger partial charge in [0.05, 0.1) is 5.29 Å². The van der Waals surface area contributed by atoms with E-state index in [4.69, 9.17) is 0 Å². The van der Waals surface area contributed by atoms with Crippen LogP contribution in [-0.4, -0.2) is 24.4 Å². The molecule has 0 aliphatic carbocycles. The zero-order valence-electron chi connectivity index (χ0n) is 6.50. The monoisotopic (exact) mass is 144 g/mol. The van der Waals surface area contributed by atoms with E-state index < -0.39 is 0 Å². The van der Waals surface area contributed by atoms with Gasteiger partial charge in [0.25, 0.3) is 0 Å². The summed E-state index contributed by atoms with van der Waals surface area (Å²) in [5.74, 6) is -0.0294. The van der Waals surface area contributed by atoms with E-state index in [1.165, 1.54) is 11.9 Å². The van der Waals surface area contributed by atoms with Gasteiger partial charge in [-0.15, -0.1) is 4.91 Å². The van der Waals surface area contributed by atoms with E-state index in [0.717, 1.165) is 0 Å². The number of nitroso groups, excluding NO2 is 1. The molecule has 1 atom stereocenters. The van der Waals surface area contributed by atoms with Crippen LogP contribution >= 0.6 is 0 Å². The highest BCUT2D eigenvalue weighted by atomic mass is 16.3. The molecule has 0 rings (SSSR count). The first-order valence-electron chi connectivity index (χ1n) is 3.12. The summed E-state index contributed by atoms with van der Waals surface area (Å²) in [6.07, 6.45) is 0. The fourth-order valence-electron chi connectivity index (χ4n) is 0.558. The maximum Gasteiger partial charge on any atom is 0.134 e. The summed E-state index contributed by atoms with van der Waals surface area (Å²) >= 11 is 0. The van der Waals surface area contributed by atoms with Crippen molar-refractivity contribution >= 4 is 5.78 Å². The van der Waals surface area contributed by atoms with Crippen LogP contribution < -0.4 is 0 Å². The van der Waals surface area contributed by atoms with E-state index in [2.05, 4.69) is 5.29 Å². The standard InChI is InChI=1S/C6H12N2O2/c1-5(6(2)9)4-8(3)7-10/h5H,4H2,1-3H3. The lowest BCUT2D eigenvalue weighted by Crippen LogP contribution is -2.22. The van der Waals surface area contributed by atoms with Crippen LogP contribution in [0.15, 0.2) is 5.29 Å². The average Bonchev–Trinajstić information content (AvgIpc) is 1.87. The average molecular weight is 144 g/mol. The lowest BCUT2D eigenvalue weighted by atomic mass is 10.1. The van der Waals surface area contributed by atoms with Gasteiger partial charge in [-0.25, -0.2) is 0 Å². The molecule has 0 radical (unpaired) electrons. The summed E-state index contributed by atoms with van der Waals surface area (Å²) in [5.41, 5.74) is 0. The fourth-order valence-corrected chi connectivity index (χ4v) is 0.558. The van der Waals surface area contributed by atoms with Gasteiger partial charge in [0.15, 0.2) is 0 Å². The Morgan fingerprint density at radius 3 is 2.50 bits per heavy atom. The quantitative estimate of drug-likeness (QED) is 0.433. The summed E-state index contributed by atoms with van der Waals surface area (Å²) in [6, 6.07) is 0. The van der Waals surface area contributed by atoms with Crippen LogP contribution in [0.25, 0.3) is 0 Å². The Morgan fingerprint density at radius 1 is 1.70 bits per heavy atom. The van der Waals surface area contributed by atoms with Gasteiger partial charge in [0, 0.05) is 19.5 Å². The first-order valence-corrected chi connectivity index (χ1v) is 3.12. The molecule has 0 aliphatic heterocycles. The largest absolute Gasteiger partial charge is 0.300 e. The van der Waals surface area contributed by atoms with Crippen molar-refractivity contribution in [2.75, 3.05) is 13.6 Å². The molecule has 0 spiro atoms. The van der Waals surface area contributed by atoms with E-state index >= 15 is 0 Å². The number of Topliss-reactive ketones (excluding diaryl/α,β-unsaturated/α-hetero) is 1. The zero-order chi connectivity index (χ0) is 8.15. The lowest BCUT2D eigenvalue weighted by Gasteiger charge is -2.11. The summed E-state index contributed by atoms with van der Waals surface area (Å²) in [6.45, 7) is 3.67. The molecule has 10 heavy (non-hydrogen) atoms. The molecule has 58 valence electrons. The van der Waals surface area contributed by atoms with Gasteiger partial charge >= 0.3 is 0 Å². The SMILES string of the molecule is CC(=O)C(C)CN(C)N=O. The number of rotatable bonds is 4. The Hall–Kier alpha value is -0.930. The summed E-state index contributed by atoms with van der Waals surface area (Å²) in [4.78, 5) is 20.5. The molecule has 4 heteroatoms. The Balaban J connectivity index is 3.67. The molecule has 0 N–H and O–H groups in total. The van der Waals surface area contributed by atoms with Crippen LogP contribution in [0.3, 0.4) is 0 Å². The second kappa shape index (κ2) is 3.98. The minimum atomic E-state index is -0.109. The van der Waals surface area contributed by atoms with Crippen molar-refractivity contribution in [3.63, 3.8) is 0 Å². The number of carbonyl (C=O) groups excluding carboxylic acids is 1. The molecule has 0 saturated heterocycles. The first kappa shape index (κ1) is 9.07. The highest BCUT2D eigenvalue weighted by Gasteiger charge is 2.09. The third kappa shape index (κ3) is 3.17. The van der Waals surface area contributed by atoms with E-state index in [1.807, 2.05) is 0 Å². The molecule has 0 aromatic rings. The Labute approximate surface area is 60.2 Å². The van der Waals surface area contributed by atoms with Crippen LogP contribution in [0.5, 0.6) is 0 Å². The molecule has 0 heterocycles. The summed E-state index contributed by atoms with van der Waals surface area (Å²) < 4.78 is 0. The van der Waals surface area contributed by atoms with Crippen molar-refractivity contribution < 1.29 is 4.79 Å². The molecule has 0 aliphatic rings. The molecule has 0 fully saturated rings. The molecular formula is C6H12N2O2. The topological polar surface area (TPSA) is 49.7 Å². The van der Waals surface area contributed by atoms with Gasteiger partial charge in [-0.2, -0.15) is 0 Å². The van der Waals surface area contributed by atoms with Gasteiger partial charge in [0.2, 0.25) is 0 Å². The van der Waals surface area contributed by atoms with Crippen LogP contribution in [0.4, 0.5) is 0 Å². The Kier molecular flexibility index (Phi) is 3.61. The molecule has 1 unspecified atom stereocenters. The first-order chi connectivity index (χ1) is 4.57. The molecule has 0 bridgehead atoms. The van der Waals surface area contributed by atoms with Crippen LogP contribution in [0, 0.1) is 10.8 Å². The van der Waals surface area contributed by atoms with Gasteiger partial charge < -0.3 is 0 Å². The van der Waals surface area contributed by atoms with Crippen molar-refractivity contribution in [3.8, 4) is 0 Å². The molecule has 0 aromatic carbocycles. The van der Waals surface area contributed by atoms with Gasteiger partial charge in [-0.1, -0.05) is 6.92 Å². The Bertz CT molecular complexity index is 136. The van der Waals surface area contributed by atoms with Crippen LogP contribution in [-0.2, 0) is 4.79 Å². The summed E-state index contributed by atoms with van der Waals surface area (Å²) in [7, 11) is 1.55. The lowest BCUT2D eigenvalue weighted by molar-refractivity contribution is -0.120. The predicted octanol–water partition coefficient (Wildman–Crippen LogP) is 0.825. The van der Waals surface area contributed by atoms with Crippen molar-refractivity contribution in [3.05, 3.63) is 4.91 Å². The van der Waals surface area contributed by atoms with E-state index in [9.17, 15) is 9.70 Å². The predicted molar refractivity (Wildman–Crippen MR) is 38.3 cm³/mol. The third-order valence-electron chi connectivity index (χ3n) is 1.37. The second-order valence-corrected chi connectivity index (χ2v) is 2.43. The van der Waals surface area contributed by atoms with E-state index in [0.29, 0.717) is 6.54 Å². The van der Waals surface area contributed by atoms with Gasteiger partial charge in [-0.3, -0.25) is 9.80 Å². The van der Waals surface area contributed by atoms with Crippen molar-refractivity contribution in [2.45, 2.75) is 13.8 Å². The number of nitrogens with zero attached hydrogens (tertiary/aromatic N) is 2. The molecule has 0 aromatic heterocycles. The minimum Gasteiger partial charge on any atom is -0.300 e. The van der Waals surface area contributed by atoms with Crippen LogP contribution in [0.2, 0.25) is 0 Å². The molecule has 0 saturated carbocycles. The number of ketones is 1. The minimum absolute atomic E-state index is 0.0792. The molecule has 0 amide bonds. The normalized spacial score (nSPS) is 12.3. The fraction of sp³-hybridized carbons (Fsp3) is 0.833. The highest BCUT2D eigenvalue weighted by molar-refractivity contribution is 5.78. The van der Waals surface area contributed by atoms with Crippen LogP contribution in [0.1, 0.15) is 13.8 Å². The van der Waals surface area contributed by atoms with Crippen molar-refractivity contribution in [2.24, 2.45) is 11.2 Å². The van der Waals surface area contributed by atoms with E-state index in [1.54, 1.807) is 14.0 Å². The van der Waals surface area contributed by atoms with Gasteiger partial charge in [-0.05, 0) is 6.92 Å². The van der Waals surface area contributed by atoms with Gasteiger partial charge in [0.1, 0.15) is 5.78 Å².